The number of hydrogen-bond acceptors (Lipinski definition) is 2. The van der Waals surface area contributed by atoms with Gasteiger partial charge >= 0.3 is 5.97 Å². The van der Waals surface area contributed by atoms with Gasteiger partial charge in [-0.1, -0.05) is 13.5 Å². The molecule has 2 heteroatoms. The molecule has 0 aromatic carbocycles. The van der Waals surface area contributed by atoms with Crippen LogP contribution in [0.15, 0.2) is 12.2 Å². The number of ether oxygens (including phenoxy) is 1. The van der Waals surface area contributed by atoms with E-state index in [9.17, 15) is 4.79 Å². The van der Waals surface area contributed by atoms with Gasteiger partial charge in [-0.2, -0.15) is 0 Å². The monoisotopic (exact) mass is 274 g/mol. The normalized spacial score (nSPS) is 51.3. The van der Waals surface area contributed by atoms with E-state index < -0.39 is 0 Å². The van der Waals surface area contributed by atoms with E-state index >= 15 is 0 Å². The minimum atomic E-state index is -0.167. The second-order valence-electron chi connectivity index (χ2n) is 7.88. The number of hydrogen-bond donors (Lipinski definition) is 0. The molecule has 4 aliphatic rings. The smallest absolute Gasteiger partial charge is 0.333 e. The molecular weight excluding hydrogens is 248 g/mol. The summed E-state index contributed by atoms with van der Waals surface area (Å²) in [5, 5.41) is 0. The van der Waals surface area contributed by atoms with Gasteiger partial charge in [-0.05, 0) is 75.0 Å². The molecule has 7 atom stereocenters. The zero-order valence-electron chi connectivity index (χ0n) is 12.7. The molecule has 4 fully saturated rings. The maximum absolute atomic E-state index is 12.1. The lowest BCUT2D eigenvalue weighted by Gasteiger charge is -2.45. The molecule has 4 aliphatic carbocycles. The summed E-state index contributed by atoms with van der Waals surface area (Å²) in [6, 6.07) is 0. The van der Waals surface area contributed by atoms with Crippen LogP contribution in [0.5, 0.6) is 0 Å². The van der Waals surface area contributed by atoms with E-state index in [0.29, 0.717) is 11.5 Å². The van der Waals surface area contributed by atoms with Crippen LogP contribution in [-0.4, -0.2) is 11.6 Å². The van der Waals surface area contributed by atoms with Crippen molar-refractivity contribution in [2.75, 3.05) is 0 Å². The van der Waals surface area contributed by atoms with Crippen LogP contribution in [0.2, 0.25) is 0 Å². The molecule has 3 unspecified atom stereocenters. The zero-order chi connectivity index (χ0) is 14.1. The topological polar surface area (TPSA) is 26.3 Å². The minimum absolute atomic E-state index is 0.160. The van der Waals surface area contributed by atoms with Crippen molar-refractivity contribution in [3.8, 4) is 0 Å². The predicted molar refractivity (Wildman–Crippen MR) is 78.0 cm³/mol. The minimum Gasteiger partial charge on any atom is -0.455 e. The molecule has 0 amide bonds. The highest BCUT2D eigenvalue weighted by molar-refractivity contribution is 5.87. The highest BCUT2D eigenvalue weighted by atomic mass is 16.6. The van der Waals surface area contributed by atoms with Crippen molar-refractivity contribution in [2.45, 2.75) is 58.0 Å². The second kappa shape index (κ2) is 4.11. The summed E-state index contributed by atoms with van der Waals surface area (Å²) in [7, 11) is 0. The van der Waals surface area contributed by atoms with Crippen LogP contribution in [0.3, 0.4) is 0 Å². The molecule has 0 aromatic rings. The quantitative estimate of drug-likeness (QED) is 0.442. The molecule has 0 spiro atoms. The Morgan fingerprint density at radius 1 is 1.20 bits per heavy atom. The lowest BCUT2D eigenvalue weighted by atomic mass is 9.65. The largest absolute Gasteiger partial charge is 0.455 e. The third-order valence-corrected chi connectivity index (χ3v) is 7.14. The molecule has 0 N–H and O–H groups in total. The first-order chi connectivity index (χ1) is 9.55. The Bertz CT molecular complexity index is 468. The summed E-state index contributed by atoms with van der Waals surface area (Å²) in [4.78, 5) is 12.1. The van der Waals surface area contributed by atoms with E-state index in [1.165, 1.54) is 25.7 Å². The van der Waals surface area contributed by atoms with Crippen LogP contribution >= 0.6 is 0 Å². The van der Waals surface area contributed by atoms with E-state index in [-0.39, 0.29) is 11.6 Å². The van der Waals surface area contributed by atoms with Crippen molar-refractivity contribution in [3.05, 3.63) is 12.2 Å². The molecule has 110 valence electrons. The van der Waals surface area contributed by atoms with E-state index in [0.717, 1.165) is 42.4 Å². The van der Waals surface area contributed by atoms with Crippen LogP contribution in [-0.2, 0) is 9.53 Å². The van der Waals surface area contributed by atoms with Gasteiger partial charge in [0.05, 0.1) is 0 Å². The molecule has 0 aromatic heterocycles. The number of fused-ring (bicyclic) bond motifs is 9. The number of rotatable bonds is 3. The van der Waals surface area contributed by atoms with Gasteiger partial charge in [-0.15, -0.1) is 0 Å². The molecule has 0 saturated heterocycles. The molecule has 20 heavy (non-hydrogen) atoms. The summed E-state index contributed by atoms with van der Waals surface area (Å²) >= 11 is 0. The van der Waals surface area contributed by atoms with E-state index in [1.54, 1.807) is 6.92 Å². The van der Waals surface area contributed by atoms with Gasteiger partial charge in [0.1, 0.15) is 5.60 Å². The Hall–Kier alpha value is -0.790. The molecule has 4 bridgehead atoms. The maximum atomic E-state index is 12.1. The molecule has 4 rings (SSSR count). The summed E-state index contributed by atoms with van der Waals surface area (Å²) in [6.07, 6.45) is 7.80. The average molecular weight is 274 g/mol. The Morgan fingerprint density at radius 3 is 2.55 bits per heavy atom. The third-order valence-electron chi connectivity index (χ3n) is 7.14. The van der Waals surface area contributed by atoms with E-state index in [1.807, 2.05) is 0 Å². The summed E-state index contributed by atoms with van der Waals surface area (Å²) < 4.78 is 6.02. The first kappa shape index (κ1) is 12.9. The SMILES string of the molecule is C=C(C)C(=O)OC1(CC)C[C@H]2C[C@@H]1C1C2[C@@H]2CC[C@H]1C2. The van der Waals surface area contributed by atoms with Crippen LogP contribution in [0.25, 0.3) is 0 Å². The molecular formula is C18H26O2. The van der Waals surface area contributed by atoms with Gasteiger partial charge in [-0.3, -0.25) is 0 Å². The highest BCUT2D eigenvalue weighted by Crippen LogP contribution is 2.70. The fourth-order valence-electron chi connectivity index (χ4n) is 6.56. The molecule has 2 nitrogen and oxygen atoms in total. The van der Waals surface area contributed by atoms with Crippen LogP contribution < -0.4 is 0 Å². The van der Waals surface area contributed by atoms with Gasteiger partial charge in [0.15, 0.2) is 0 Å². The number of carbonyl (C=O) groups excluding carboxylic acids is 1. The van der Waals surface area contributed by atoms with Crippen LogP contribution in [0.1, 0.15) is 52.4 Å². The van der Waals surface area contributed by atoms with Crippen LogP contribution in [0.4, 0.5) is 0 Å². The van der Waals surface area contributed by atoms with Gasteiger partial charge in [-0.25, -0.2) is 4.79 Å². The average Bonchev–Trinajstić information content (AvgIpc) is 3.15. The molecule has 0 heterocycles. The Labute approximate surface area is 122 Å². The molecule has 4 saturated carbocycles. The fraction of sp³-hybridized carbons (Fsp3) is 0.833. The summed E-state index contributed by atoms with van der Waals surface area (Å²) in [5.74, 6) is 5.09. The Morgan fingerprint density at radius 2 is 1.90 bits per heavy atom. The van der Waals surface area contributed by atoms with E-state index in [2.05, 4.69) is 13.5 Å². The van der Waals surface area contributed by atoms with Crippen molar-refractivity contribution in [2.24, 2.45) is 35.5 Å². The van der Waals surface area contributed by atoms with Crippen molar-refractivity contribution < 1.29 is 9.53 Å². The maximum Gasteiger partial charge on any atom is 0.333 e. The Kier molecular flexibility index (Phi) is 2.66. The van der Waals surface area contributed by atoms with Crippen LogP contribution in [0, 0.1) is 35.5 Å². The van der Waals surface area contributed by atoms with Gasteiger partial charge in [0.2, 0.25) is 0 Å². The summed E-state index contributed by atoms with van der Waals surface area (Å²) in [5.41, 5.74) is 0.386. The van der Waals surface area contributed by atoms with E-state index in [4.69, 9.17) is 4.74 Å². The lowest BCUT2D eigenvalue weighted by Crippen LogP contribution is -2.47. The Balaban J connectivity index is 1.62. The van der Waals surface area contributed by atoms with Gasteiger partial charge in [0, 0.05) is 11.5 Å². The first-order valence-electron chi connectivity index (χ1n) is 8.44. The standard InChI is InChI=1S/C18H26O2/c1-4-18(20-17(19)10(2)3)9-13-8-14(18)16-12-6-5-11(7-12)15(13)16/h11-16H,2,4-9H2,1,3H3/t11-,12+,13-,14-,15?,16?,18?/m1/s1. The van der Waals surface area contributed by atoms with Crippen molar-refractivity contribution in [1.82, 2.24) is 0 Å². The van der Waals surface area contributed by atoms with Gasteiger partial charge in [0.25, 0.3) is 0 Å². The zero-order valence-corrected chi connectivity index (χ0v) is 12.7. The fourth-order valence-corrected chi connectivity index (χ4v) is 6.56. The first-order valence-corrected chi connectivity index (χ1v) is 8.44. The second-order valence-corrected chi connectivity index (χ2v) is 7.88. The van der Waals surface area contributed by atoms with Crippen molar-refractivity contribution >= 4 is 5.97 Å². The van der Waals surface area contributed by atoms with Crippen molar-refractivity contribution in [1.29, 1.82) is 0 Å². The summed E-state index contributed by atoms with van der Waals surface area (Å²) in [6.45, 7) is 7.72. The number of carbonyl (C=O) groups is 1. The predicted octanol–water partition coefficient (Wildman–Crippen LogP) is 3.96. The molecule has 0 aliphatic heterocycles. The van der Waals surface area contributed by atoms with Crippen molar-refractivity contribution in [3.63, 3.8) is 0 Å². The number of esters is 1. The lowest BCUT2D eigenvalue weighted by molar-refractivity contribution is -0.167. The van der Waals surface area contributed by atoms with Gasteiger partial charge < -0.3 is 4.74 Å². The molecule has 0 radical (unpaired) electrons. The third kappa shape index (κ3) is 1.48. The highest BCUT2D eigenvalue weighted by Gasteiger charge is 2.67.